The molecule has 4 unspecified atom stereocenters. The van der Waals surface area contributed by atoms with E-state index in [1.807, 2.05) is 40.7 Å². The van der Waals surface area contributed by atoms with Crippen LogP contribution in [0.1, 0.15) is 51.8 Å². The van der Waals surface area contributed by atoms with Gasteiger partial charge in [-0.1, -0.05) is 52.5 Å². The maximum absolute atomic E-state index is 11.1. The van der Waals surface area contributed by atoms with E-state index in [1.165, 1.54) is 39.5 Å². The Balaban J connectivity index is 0.00000363. The van der Waals surface area contributed by atoms with E-state index < -0.39 is 37.6 Å². The second kappa shape index (κ2) is 19.8. The third-order valence-corrected chi connectivity index (χ3v) is 5.67. The third-order valence-electron chi connectivity index (χ3n) is 5.67. The van der Waals surface area contributed by atoms with E-state index in [2.05, 4.69) is 6.58 Å². The second-order valence-electron chi connectivity index (χ2n) is 7.97. The van der Waals surface area contributed by atoms with Gasteiger partial charge in [0.15, 0.2) is 35.2 Å². The number of aryl methyl sites for hydroxylation is 1. The molecular weight excluding hydrogens is 516 g/mol. The molecule has 0 amide bonds. The van der Waals surface area contributed by atoms with Crippen LogP contribution in [0.4, 0.5) is 0 Å². The van der Waals surface area contributed by atoms with Crippen LogP contribution in [0.5, 0.6) is 28.7 Å². The van der Waals surface area contributed by atoms with E-state index in [-0.39, 0.29) is 17.2 Å². The Kier molecular flexibility index (Phi) is 18.2. The summed E-state index contributed by atoms with van der Waals surface area (Å²) < 4.78 is 28.0. The molecule has 2 rings (SSSR count). The molecule has 9 heteroatoms. The summed E-state index contributed by atoms with van der Waals surface area (Å²) in [5.74, 6) is 1.31. The van der Waals surface area contributed by atoms with Crippen molar-refractivity contribution in [2.24, 2.45) is 0 Å². The van der Waals surface area contributed by atoms with Gasteiger partial charge in [0.1, 0.15) is 12.2 Å². The largest absolute Gasteiger partial charge is 0.493 e. The highest BCUT2D eigenvalue weighted by Gasteiger charge is 2.29. The Hall–Kier alpha value is -3.24. The minimum atomic E-state index is -1.28. The summed E-state index contributed by atoms with van der Waals surface area (Å²) in [6.07, 6.45) is -1.39. The Morgan fingerprint density at radius 3 is 1.75 bits per heavy atom. The van der Waals surface area contributed by atoms with Crippen molar-refractivity contribution in [3.05, 3.63) is 65.8 Å². The number of aliphatic hydroxyl groups excluding tert-OH is 4. The molecule has 4 N–H and O–H groups in total. The first-order valence-electron chi connectivity index (χ1n) is 13.4. The van der Waals surface area contributed by atoms with Crippen molar-refractivity contribution in [2.75, 3.05) is 34.5 Å². The molecule has 2 aromatic carbocycles. The Bertz CT molecular complexity index is 1010. The summed E-state index contributed by atoms with van der Waals surface area (Å²) in [6.45, 7) is 14.3. The molecule has 0 saturated heterocycles. The van der Waals surface area contributed by atoms with Crippen LogP contribution in [0.3, 0.4) is 0 Å². The zero-order valence-electron chi connectivity index (χ0n) is 25.3. The summed E-state index contributed by atoms with van der Waals surface area (Å²) in [6, 6.07) is 8.32. The molecule has 40 heavy (non-hydrogen) atoms. The topological polar surface area (TPSA) is 127 Å². The van der Waals surface area contributed by atoms with Crippen molar-refractivity contribution >= 4 is 0 Å². The van der Waals surface area contributed by atoms with E-state index >= 15 is 0 Å². The van der Waals surface area contributed by atoms with Gasteiger partial charge in [-0.3, -0.25) is 0 Å². The van der Waals surface area contributed by atoms with Gasteiger partial charge in [-0.05, 0) is 54.8 Å². The van der Waals surface area contributed by atoms with Crippen LogP contribution in [-0.4, -0.2) is 73.3 Å². The first kappa shape index (κ1) is 36.8. The molecule has 0 heterocycles. The minimum Gasteiger partial charge on any atom is -0.493 e. The maximum Gasteiger partial charge on any atom is 0.204 e. The van der Waals surface area contributed by atoms with Gasteiger partial charge in [-0.2, -0.15) is 0 Å². The molecule has 0 aliphatic rings. The van der Waals surface area contributed by atoms with Crippen molar-refractivity contribution < 1.29 is 44.1 Å². The molecule has 0 aromatic heterocycles. The molecule has 0 aliphatic heterocycles. The van der Waals surface area contributed by atoms with E-state index in [4.69, 9.17) is 23.7 Å². The average molecular weight is 565 g/mol. The van der Waals surface area contributed by atoms with Gasteiger partial charge in [-0.25, -0.2) is 0 Å². The Morgan fingerprint density at radius 1 is 0.800 bits per heavy atom. The van der Waals surface area contributed by atoms with Crippen LogP contribution in [0.25, 0.3) is 0 Å². The first-order valence-corrected chi connectivity index (χ1v) is 13.4. The van der Waals surface area contributed by atoms with Crippen LogP contribution in [0.2, 0.25) is 0 Å². The van der Waals surface area contributed by atoms with Crippen LogP contribution in [0.15, 0.2) is 54.6 Å². The Labute approximate surface area is 239 Å². The normalized spacial score (nSPS) is 13.7. The molecule has 0 spiro atoms. The van der Waals surface area contributed by atoms with Crippen molar-refractivity contribution in [2.45, 2.75) is 66.0 Å². The first-order chi connectivity index (χ1) is 19.3. The molecule has 0 saturated carbocycles. The van der Waals surface area contributed by atoms with Crippen molar-refractivity contribution in [3.63, 3.8) is 0 Å². The molecule has 0 radical (unpaired) electrons. The van der Waals surface area contributed by atoms with Gasteiger partial charge in [0.2, 0.25) is 5.75 Å². The van der Waals surface area contributed by atoms with Gasteiger partial charge in [0, 0.05) is 0 Å². The molecule has 0 bridgehead atoms. The highest BCUT2D eigenvalue weighted by atomic mass is 16.6. The van der Waals surface area contributed by atoms with Gasteiger partial charge < -0.3 is 44.1 Å². The summed E-state index contributed by atoms with van der Waals surface area (Å²) in [7, 11) is 4.31. The van der Waals surface area contributed by atoms with Crippen molar-refractivity contribution in [1.29, 1.82) is 0 Å². The lowest BCUT2D eigenvalue weighted by molar-refractivity contribution is -0.000923. The number of methoxy groups -OCH3 is 3. The predicted octanol–water partition coefficient (Wildman–Crippen LogP) is 4.78. The van der Waals surface area contributed by atoms with Gasteiger partial charge in [-0.15, -0.1) is 0 Å². The quantitative estimate of drug-likeness (QED) is 0.240. The summed E-state index contributed by atoms with van der Waals surface area (Å²) in [5.41, 5.74) is 1.77. The van der Waals surface area contributed by atoms with Crippen molar-refractivity contribution in [3.8, 4) is 28.7 Å². The highest BCUT2D eigenvalue weighted by molar-refractivity contribution is 5.55. The number of hydrogen-bond donors (Lipinski definition) is 4. The molecule has 9 nitrogen and oxygen atoms in total. The predicted molar refractivity (Wildman–Crippen MR) is 158 cm³/mol. The van der Waals surface area contributed by atoms with Crippen LogP contribution < -0.4 is 23.7 Å². The number of rotatable bonds is 14. The zero-order chi connectivity index (χ0) is 30.8. The highest BCUT2D eigenvalue weighted by Crippen LogP contribution is 2.42. The van der Waals surface area contributed by atoms with E-state index in [9.17, 15) is 20.4 Å². The summed E-state index contributed by atoms with van der Waals surface area (Å²) in [4.78, 5) is 0. The fourth-order valence-electron chi connectivity index (χ4n) is 3.62. The monoisotopic (exact) mass is 564 g/mol. The second-order valence-corrected chi connectivity index (χ2v) is 7.97. The summed E-state index contributed by atoms with van der Waals surface area (Å²) >= 11 is 0. The molecule has 0 fully saturated rings. The van der Waals surface area contributed by atoms with Crippen LogP contribution in [0, 0.1) is 6.92 Å². The fraction of sp³-hybridized carbons (Fsp3) is 0.484. The molecule has 0 aliphatic carbocycles. The number of benzene rings is 2. The molecular formula is C31H48O9. The van der Waals surface area contributed by atoms with Crippen LogP contribution in [-0.2, 0) is 0 Å². The van der Waals surface area contributed by atoms with E-state index in [0.717, 1.165) is 5.56 Å². The molecule has 2 aromatic rings. The smallest absolute Gasteiger partial charge is 0.204 e. The molecule has 4 atom stereocenters. The lowest BCUT2D eigenvalue weighted by atomic mass is 10.0. The van der Waals surface area contributed by atoms with E-state index in [0.29, 0.717) is 22.6 Å². The maximum atomic E-state index is 11.1. The lowest BCUT2D eigenvalue weighted by Gasteiger charge is -2.27. The van der Waals surface area contributed by atoms with Gasteiger partial charge in [0.25, 0.3) is 0 Å². The number of hydrogen-bond acceptors (Lipinski definition) is 9. The van der Waals surface area contributed by atoms with Crippen molar-refractivity contribution in [1.82, 2.24) is 0 Å². The number of ether oxygens (including phenoxy) is 5. The summed E-state index contributed by atoms with van der Waals surface area (Å²) in [5, 5.41) is 41.5. The van der Waals surface area contributed by atoms with Gasteiger partial charge >= 0.3 is 0 Å². The number of aliphatic hydroxyl groups is 4. The third kappa shape index (κ3) is 9.75. The molecule has 226 valence electrons. The fourth-order valence-corrected chi connectivity index (χ4v) is 3.62. The SMILES string of the molecule is C=C/C(=C\C)C(O)C(CO)Oc1c(OC)cc(C(O)C(CO)Oc2ccc(C)cc2OC)cc1OC.CC.CC. The van der Waals surface area contributed by atoms with Gasteiger partial charge in [0.05, 0.1) is 34.5 Å². The average Bonchev–Trinajstić information content (AvgIpc) is 3.00. The zero-order valence-corrected chi connectivity index (χ0v) is 25.3. The van der Waals surface area contributed by atoms with Crippen LogP contribution >= 0.6 is 0 Å². The lowest BCUT2D eigenvalue weighted by Crippen LogP contribution is -2.36. The number of allylic oxidation sites excluding steroid dienone is 1. The Morgan fingerprint density at radius 2 is 1.32 bits per heavy atom. The minimum absolute atomic E-state index is 0.121. The van der Waals surface area contributed by atoms with E-state index in [1.54, 1.807) is 25.1 Å². The standard InChI is InChI=1S/C27H36O9.2C2H6/c1-7-17(8-2)25(30)24(15-29)36-27-21(33-5)12-18(13-22(27)34-6)26(31)23(14-28)35-19-10-9-16(3)11-20(19)32-4;2*1-2/h7-13,23-26,28-31H,1,14-15H2,2-6H3;2*1-2H3/b17-8+;;.